The predicted molar refractivity (Wildman–Crippen MR) is 69.6 cm³/mol. The van der Waals surface area contributed by atoms with Crippen LogP contribution < -0.4 is 5.73 Å². The van der Waals surface area contributed by atoms with Gasteiger partial charge in [-0.15, -0.1) is 0 Å². The molecule has 4 nitrogen and oxygen atoms in total. The summed E-state index contributed by atoms with van der Waals surface area (Å²) in [7, 11) is 2.08. The number of anilines is 1. The van der Waals surface area contributed by atoms with Crippen molar-refractivity contribution < 1.29 is 4.42 Å². The van der Waals surface area contributed by atoms with E-state index in [0.29, 0.717) is 18.3 Å². The van der Waals surface area contributed by atoms with Gasteiger partial charge < -0.3 is 10.2 Å². The predicted octanol–water partition coefficient (Wildman–Crippen LogP) is 2.64. The molecule has 1 atom stereocenters. The van der Waals surface area contributed by atoms with Crippen molar-refractivity contribution in [3.05, 3.63) is 24.1 Å². The van der Waals surface area contributed by atoms with Crippen molar-refractivity contribution in [2.24, 2.45) is 0 Å². The summed E-state index contributed by atoms with van der Waals surface area (Å²) in [5.41, 5.74) is 8.05. The first-order chi connectivity index (χ1) is 8.11. The zero-order valence-electron chi connectivity index (χ0n) is 10.6. The molecule has 0 amide bonds. The molecular formula is C13H19N3O. The highest BCUT2D eigenvalue weighted by Gasteiger charge is 2.13. The summed E-state index contributed by atoms with van der Waals surface area (Å²) in [5, 5.41) is 0. The first-order valence-electron chi connectivity index (χ1n) is 5.96. The molecule has 17 heavy (non-hydrogen) atoms. The lowest BCUT2D eigenvalue weighted by Gasteiger charge is -2.21. The molecule has 1 aromatic carbocycles. The summed E-state index contributed by atoms with van der Waals surface area (Å²) in [4.78, 5) is 6.66. The Morgan fingerprint density at radius 3 is 2.88 bits per heavy atom. The van der Waals surface area contributed by atoms with Crippen molar-refractivity contribution in [1.29, 1.82) is 0 Å². The third kappa shape index (κ3) is 2.42. The van der Waals surface area contributed by atoms with Gasteiger partial charge in [0.05, 0.1) is 12.2 Å². The fourth-order valence-corrected chi connectivity index (χ4v) is 1.76. The lowest BCUT2D eigenvalue weighted by Crippen LogP contribution is -2.27. The minimum absolute atomic E-state index is 0.516. The van der Waals surface area contributed by atoms with Gasteiger partial charge in [0.15, 0.2) is 5.58 Å². The van der Waals surface area contributed by atoms with Crippen molar-refractivity contribution in [2.45, 2.75) is 32.9 Å². The Morgan fingerprint density at radius 1 is 1.47 bits per heavy atom. The molecule has 92 valence electrons. The molecular weight excluding hydrogens is 214 g/mol. The summed E-state index contributed by atoms with van der Waals surface area (Å²) in [6.07, 6.45) is 1.11. The SMILES string of the molecule is CCC(C)N(C)Cc1nc2c(N)cccc2o1. The summed E-state index contributed by atoms with van der Waals surface area (Å²) in [6, 6.07) is 6.13. The third-order valence-corrected chi connectivity index (χ3v) is 3.22. The third-order valence-electron chi connectivity index (χ3n) is 3.22. The molecule has 2 N–H and O–H groups in total. The number of nitrogens with zero attached hydrogens (tertiary/aromatic N) is 2. The van der Waals surface area contributed by atoms with E-state index in [2.05, 4.69) is 30.8 Å². The largest absolute Gasteiger partial charge is 0.439 e. The summed E-state index contributed by atoms with van der Waals surface area (Å²) in [6.45, 7) is 5.07. The quantitative estimate of drug-likeness (QED) is 0.825. The van der Waals surface area contributed by atoms with Gasteiger partial charge in [-0.2, -0.15) is 0 Å². The van der Waals surface area contributed by atoms with Crippen molar-refractivity contribution >= 4 is 16.8 Å². The molecule has 0 aliphatic carbocycles. The standard InChI is InChI=1S/C13H19N3O/c1-4-9(2)16(3)8-12-15-13-10(14)6-5-7-11(13)17-12/h5-7,9H,4,8,14H2,1-3H3. The van der Waals surface area contributed by atoms with Crippen LogP contribution in [0.2, 0.25) is 0 Å². The molecule has 0 spiro atoms. The number of para-hydroxylation sites is 1. The number of oxazole rings is 1. The van der Waals surface area contributed by atoms with E-state index in [1.165, 1.54) is 0 Å². The van der Waals surface area contributed by atoms with Crippen LogP contribution in [-0.2, 0) is 6.54 Å². The van der Waals surface area contributed by atoms with E-state index in [0.717, 1.165) is 23.4 Å². The van der Waals surface area contributed by atoms with Crippen LogP contribution in [0.15, 0.2) is 22.6 Å². The monoisotopic (exact) mass is 233 g/mol. The number of rotatable bonds is 4. The molecule has 1 aromatic heterocycles. The van der Waals surface area contributed by atoms with Crippen molar-refractivity contribution in [2.75, 3.05) is 12.8 Å². The van der Waals surface area contributed by atoms with Crippen LogP contribution in [0.3, 0.4) is 0 Å². The van der Waals surface area contributed by atoms with Gasteiger partial charge in [0.2, 0.25) is 5.89 Å². The lowest BCUT2D eigenvalue weighted by molar-refractivity contribution is 0.223. The Morgan fingerprint density at radius 2 is 2.24 bits per heavy atom. The van der Waals surface area contributed by atoms with Gasteiger partial charge in [-0.25, -0.2) is 4.98 Å². The number of aromatic nitrogens is 1. The van der Waals surface area contributed by atoms with Gasteiger partial charge in [0, 0.05) is 6.04 Å². The van der Waals surface area contributed by atoms with Gasteiger partial charge in [-0.3, -0.25) is 4.90 Å². The van der Waals surface area contributed by atoms with E-state index in [1.54, 1.807) is 0 Å². The Hall–Kier alpha value is -1.55. The highest BCUT2D eigenvalue weighted by atomic mass is 16.3. The van der Waals surface area contributed by atoms with Crippen LogP contribution in [0.25, 0.3) is 11.1 Å². The van der Waals surface area contributed by atoms with E-state index < -0.39 is 0 Å². The van der Waals surface area contributed by atoms with Crippen LogP contribution in [0.5, 0.6) is 0 Å². The van der Waals surface area contributed by atoms with E-state index in [9.17, 15) is 0 Å². The fraction of sp³-hybridized carbons (Fsp3) is 0.462. The topological polar surface area (TPSA) is 55.3 Å². The molecule has 1 heterocycles. The first-order valence-corrected chi connectivity index (χ1v) is 5.96. The molecule has 2 rings (SSSR count). The normalized spacial score (nSPS) is 13.4. The summed E-state index contributed by atoms with van der Waals surface area (Å²) in [5.74, 6) is 0.723. The van der Waals surface area contributed by atoms with Gasteiger partial charge in [-0.05, 0) is 32.5 Å². The molecule has 0 aliphatic heterocycles. The Balaban J connectivity index is 2.23. The number of fused-ring (bicyclic) bond motifs is 1. The van der Waals surface area contributed by atoms with E-state index in [-0.39, 0.29) is 0 Å². The van der Waals surface area contributed by atoms with Gasteiger partial charge >= 0.3 is 0 Å². The van der Waals surface area contributed by atoms with Gasteiger partial charge in [0.1, 0.15) is 5.52 Å². The average molecular weight is 233 g/mol. The molecule has 0 fully saturated rings. The maximum atomic E-state index is 5.85. The number of hydrogen-bond acceptors (Lipinski definition) is 4. The van der Waals surface area contributed by atoms with E-state index >= 15 is 0 Å². The van der Waals surface area contributed by atoms with Crippen molar-refractivity contribution in [1.82, 2.24) is 9.88 Å². The molecule has 0 saturated carbocycles. The Kier molecular flexibility index (Phi) is 3.33. The lowest BCUT2D eigenvalue weighted by atomic mass is 10.2. The fourth-order valence-electron chi connectivity index (χ4n) is 1.76. The zero-order valence-corrected chi connectivity index (χ0v) is 10.6. The maximum absolute atomic E-state index is 5.85. The van der Waals surface area contributed by atoms with Gasteiger partial charge in [-0.1, -0.05) is 13.0 Å². The number of benzene rings is 1. The van der Waals surface area contributed by atoms with Gasteiger partial charge in [0.25, 0.3) is 0 Å². The first kappa shape index (κ1) is 11.9. The second kappa shape index (κ2) is 4.75. The molecule has 2 aromatic rings. The molecule has 0 saturated heterocycles. The molecule has 0 radical (unpaired) electrons. The van der Waals surface area contributed by atoms with Crippen molar-refractivity contribution in [3.63, 3.8) is 0 Å². The van der Waals surface area contributed by atoms with Crippen LogP contribution in [0.1, 0.15) is 26.2 Å². The van der Waals surface area contributed by atoms with Crippen LogP contribution in [0.4, 0.5) is 5.69 Å². The number of hydrogen-bond donors (Lipinski definition) is 1. The molecule has 1 unspecified atom stereocenters. The van der Waals surface area contributed by atoms with Crippen LogP contribution in [-0.4, -0.2) is 23.0 Å². The highest BCUT2D eigenvalue weighted by Crippen LogP contribution is 2.22. The number of nitrogen functional groups attached to an aromatic ring is 1. The minimum Gasteiger partial charge on any atom is -0.439 e. The number of nitrogens with two attached hydrogens (primary N) is 1. The van der Waals surface area contributed by atoms with Crippen LogP contribution in [0, 0.1) is 0 Å². The zero-order chi connectivity index (χ0) is 12.4. The molecule has 0 aliphatic rings. The molecule has 0 bridgehead atoms. The smallest absolute Gasteiger partial charge is 0.209 e. The van der Waals surface area contributed by atoms with E-state index in [1.807, 2.05) is 18.2 Å². The van der Waals surface area contributed by atoms with E-state index in [4.69, 9.17) is 10.2 Å². The average Bonchev–Trinajstić information content (AvgIpc) is 2.72. The minimum atomic E-state index is 0.516. The summed E-state index contributed by atoms with van der Waals surface area (Å²) < 4.78 is 5.68. The molecule has 4 heteroatoms. The summed E-state index contributed by atoms with van der Waals surface area (Å²) >= 11 is 0. The Labute approximate surface area is 101 Å². The van der Waals surface area contributed by atoms with Crippen LogP contribution >= 0.6 is 0 Å². The highest BCUT2D eigenvalue weighted by molar-refractivity contribution is 5.85. The Bertz CT molecular complexity index is 506. The van der Waals surface area contributed by atoms with Crippen molar-refractivity contribution in [3.8, 4) is 0 Å². The second-order valence-electron chi connectivity index (χ2n) is 4.47. The maximum Gasteiger partial charge on any atom is 0.209 e. The second-order valence-corrected chi connectivity index (χ2v) is 4.47.